The lowest BCUT2D eigenvalue weighted by atomic mass is 10.3. The van der Waals surface area contributed by atoms with Gasteiger partial charge in [-0.1, -0.05) is 0 Å². The number of nitrogen functional groups attached to an aromatic ring is 1. The Morgan fingerprint density at radius 2 is 2.19 bits per heavy atom. The summed E-state index contributed by atoms with van der Waals surface area (Å²) in [5, 5.41) is 3.98. The summed E-state index contributed by atoms with van der Waals surface area (Å²) in [6.45, 7) is 0.136. The summed E-state index contributed by atoms with van der Waals surface area (Å²) in [6, 6.07) is 3.91. The molecule has 21 heavy (non-hydrogen) atoms. The first-order valence-electron chi connectivity index (χ1n) is 6.02. The summed E-state index contributed by atoms with van der Waals surface area (Å²) >= 11 is 3.04. The van der Waals surface area contributed by atoms with Gasteiger partial charge in [0.25, 0.3) is 0 Å². The third-order valence-electron chi connectivity index (χ3n) is 2.94. The van der Waals surface area contributed by atoms with Gasteiger partial charge >= 0.3 is 0 Å². The van der Waals surface area contributed by atoms with Crippen molar-refractivity contribution in [3.8, 4) is 0 Å². The molecule has 0 amide bonds. The fourth-order valence-electron chi connectivity index (χ4n) is 1.79. The van der Waals surface area contributed by atoms with Crippen LogP contribution in [-0.2, 0) is 23.5 Å². The van der Waals surface area contributed by atoms with Crippen LogP contribution in [0.25, 0.3) is 0 Å². The Kier molecular flexibility index (Phi) is 4.64. The first-order chi connectivity index (χ1) is 9.81. The van der Waals surface area contributed by atoms with E-state index in [9.17, 15) is 12.8 Å². The molecule has 1 heterocycles. The van der Waals surface area contributed by atoms with Crippen molar-refractivity contribution >= 4 is 31.6 Å². The Morgan fingerprint density at radius 1 is 1.48 bits per heavy atom. The molecule has 0 saturated heterocycles. The number of aromatic nitrogens is 2. The molecule has 1 aromatic carbocycles. The largest absolute Gasteiger partial charge is 0.398 e. The Hall–Kier alpha value is -1.45. The second-order valence-electron chi connectivity index (χ2n) is 4.40. The van der Waals surface area contributed by atoms with Crippen LogP contribution in [0.5, 0.6) is 0 Å². The highest BCUT2D eigenvalue weighted by Gasteiger charge is 2.20. The molecule has 0 aliphatic rings. The number of rotatable bonds is 5. The van der Waals surface area contributed by atoms with Gasteiger partial charge in [-0.05, 0) is 34.1 Å². The number of hydrogen-bond donors (Lipinski definition) is 2. The summed E-state index contributed by atoms with van der Waals surface area (Å²) in [7, 11) is -2.19. The summed E-state index contributed by atoms with van der Waals surface area (Å²) in [5.41, 5.74) is 6.62. The average molecular weight is 377 g/mol. The second kappa shape index (κ2) is 6.12. The van der Waals surface area contributed by atoms with Crippen molar-refractivity contribution in [3.63, 3.8) is 0 Å². The van der Waals surface area contributed by atoms with Crippen molar-refractivity contribution in [2.45, 2.75) is 11.3 Å². The van der Waals surface area contributed by atoms with Gasteiger partial charge in [-0.15, -0.1) is 0 Å². The van der Waals surface area contributed by atoms with Crippen LogP contribution in [0.3, 0.4) is 0 Å². The van der Waals surface area contributed by atoms with Crippen LogP contribution in [0, 0.1) is 5.82 Å². The number of nitrogens with two attached hydrogens (primary N) is 1. The molecule has 9 heteroatoms. The molecule has 0 radical (unpaired) electrons. The smallest absolute Gasteiger partial charge is 0.243 e. The molecule has 0 bridgehead atoms. The highest BCUT2D eigenvalue weighted by Crippen LogP contribution is 2.25. The first-order valence-corrected chi connectivity index (χ1v) is 8.30. The monoisotopic (exact) mass is 376 g/mol. The lowest BCUT2D eigenvalue weighted by molar-refractivity contribution is 0.556. The maximum atomic E-state index is 13.8. The highest BCUT2D eigenvalue weighted by molar-refractivity contribution is 9.10. The van der Waals surface area contributed by atoms with Crippen molar-refractivity contribution in [2.75, 3.05) is 12.3 Å². The molecule has 2 rings (SSSR count). The number of aryl methyl sites for hydroxylation is 1. The molecule has 114 valence electrons. The number of anilines is 1. The molecule has 3 N–H and O–H groups in total. The van der Waals surface area contributed by atoms with Gasteiger partial charge in [-0.25, -0.2) is 17.5 Å². The molecule has 1 aromatic heterocycles. The van der Waals surface area contributed by atoms with Gasteiger partial charge in [0, 0.05) is 42.1 Å². The molecule has 0 unspecified atom stereocenters. The van der Waals surface area contributed by atoms with Crippen LogP contribution in [-0.4, -0.2) is 24.7 Å². The van der Waals surface area contributed by atoms with Gasteiger partial charge in [0.1, 0.15) is 10.7 Å². The molecule has 6 nitrogen and oxygen atoms in total. The van der Waals surface area contributed by atoms with Crippen LogP contribution in [0.2, 0.25) is 0 Å². The van der Waals surface area contributed by atoms with Crippen LogP contribution in [0.1, 0.15) is 5.69 Å². The van der Waals surface area contributed by atoms with E-state index < -0.39 is 20.7 Å². The van der Waals surface area contributed by atoms with Crippen LogP contribution in [0.4, 0.5) is 10.1 Å². The molecule has 0 atom stereocenters. The van der Waals surface area contributed by atoms with E-state index >= 15 is 0 Å². The number of nitrogens with zero attached hydrogens (tertiary/aromatic N) is 2. The average Bonchev–Trinajstić information content (AvgIpc) is 2.79. The summed E-state index contributed by atoms with van der Waals surface area (Å²) in [4.78, 5) is -0.465. The molecular weight excluding hydrogens is 363 g/mol. The minimum Gasteiger partial charge on any atom is -0.398 e. The maximum absolute atomic E-state index is 13.8. The molecule has 0 fully saturated rings. The van der Waals surface area contributed by atoms with Crippen molar-refractivity contribution in [2.24, 2.45) is 7.05 Å². The van der Waals surface area contributed by atoms with Crippen molar-refractivity contribution in [3.05, 3.63) is 40.4 Å². The zero-order valence-electron chi connectivity index (χ0n) is 11.2. The van der Waals surface area contributed by atoms with Crippen molar-refractivity contribution in [1.29, 1.82) is 0 Å². The van der Waals surface area contributed by atoms with Crippen LogP contribution < -0.4 is 10.5 Å². The number of halogens is 2. The zero-order valence-corrected chi connectivity index (χ0v) is 13.6. The Labute approximate surface area is 130 Å². The van der Waals surface area contributed by atoms with Crippen molar-refractivity contribution < 1.29 is 12.8 Å². The van der Waals surface area contributed by atoms with Crippen LogP contribution >= 0.6 is 15.9 Å². The van der Waals surface area contributed by atoms with E-state index in [1.54, 1.807) is 24.0 Å². The van der Waals surface area contributed by atoms with Gasteiger partial charge in [0.15, 0.2) is 0 Å². The number of hydrogen-bond acceptors (Lipinski definition) is 4. The summed E-state index contributed by atoms with van der Waals surface area (Å²) in [5.74, 6) is -0.857. The fraction of sp³-hybridized carbons (Fsp3) is 0.250. The van der Waals surface area contributed by atoms with Gasteiger partial charge < -0.3 is 5.73 Å². The third-order valence-corrected chi connectivity index (χ3v) is 5.10. The number of sulfonamides is 1. The molecule has 0 spiro atoms. The lowest BCUT2D eigenvalue weighted by Gasteiger charge is -2.09. The Balaban J connectivity index is 2.12. The second-order valence-corrected chi connectivity index (χ2v) is 6.99. The Bertz CT molecular complexity index is 761. The summed E-state index contributed by atoms with van der Waals surface area (Å²) in [6.07, 6.45) is 2.07. The molecule has 0 aliphatic heterocycles. The van der Waals surface area contributed by atoms with Crippen LogP contribution in [0.15, 0.2) is 33.8 Å². The number of nitrogens with one attached hydrogen (secondary N) is 1. The minimum absolute atomic E-state index is 0.136. The van der Waals surface area contributed by atoms with E-state index in [-0.39, 0.29) is 12.2 Å². The predicted octanol–water partition coefficient (Wildman–Crippen LogP) is 1.42. The minimum atomic E-state index is -3.95. The molecule has 0 aliphatic carbocycles. The molecule has 2 aromatic rings. The van der Waals surface area contributed by atoms with E-state index in [0.29, 0.717) is 10.9 Å². The fourth-order valence-corrected chi connectivity index (χ4v) is 3.23. The number of benzene rings is 1. The standard InChI is InChI=1S/C12H14BrFN4O2S/c1-18-8(2-4-16-18)3-5-17-21(19,20)12-7-11(15)9(13)6-10(12)14/h2,4,6-7,17H,3,5,15H2,1H3. The van der Waals surface area contributed by atoms with Gasteiger partial charge in [0.05, 0.1) is 0 Å². The van der Waals surface area contributed by atoms with Gasteiger partial charge in [-0.3, -0.25) is 4.68 Å². The Morgan fingerprint density at radius 3 is 2.81 bits per heavy atom. The predicted molar refractivity (Wildman–Crippen MR) is 80.6 cm³/mol. The van der Waals surface area contributed by atoms with E-state index in [4.69, 9.17) is 5.73 Å². The zero-order chi connectivity index (χ0) is 15.6. The van der Waals surface area contributed by atoms with Gasteiger partial charge in [-0.2, -0.15) is 5.10 Å². The maximum Gasteiger partial charge on any atom is 0.243 e. The van der Waals surface area contributed by atoms with E-state index in [0.717, 1.165) is 17.8 Å². The quantitative estimate of drug-likeness (QED) is 0.772. The molecular formula is C12H14BrFN4O2S. The van der Waals surface area contributed by atoms with Crippen molar-refractivity contribution in [1.82, 2.24) is 14.5 Å². The summed E-state index contributed by atoms with van der Waals surface area (Å²) < 4.78 is 42.3. The van der Waals surface area contributed by atoms with E-state index in [1.807, 2.05) is 0 Å². The lowest BCUT2D eigenvalue weighted by Crippen LogP contribution is -2.27. The molecule has 0 saturated carbocycles. The SMILES string of the molecule is Cn1nccc1CCNS(=O)(=O)c1cc(N)c(Br)cc1F. The topological polar surface area (TPSA) is 90.0 Å². The normalized spacial score (nSPS) is 11.8. The van der Waals surface area contributed by atoms with Gasteiger partial charge in [0.2, 0.25) is 10.0 Å². The van der Waals surface area contributed by atoms with E-state index in [2.05, 4.69) is 25.8 Å². The first kappa shape index (κ1) is 15.9. The van der Waals surface area contributed by atoms with E-state index in [1.165, 1.54) is 0 Å². The highest BCUT2D eigenvalue weighted by atomic mass is 79.9. The third kappa shape index (κ3) is 3.60.